The fraction of sp³-hybridized carbons (Fsp3) is 0.500. The molecule has 0 saturated heterocycles. The highest BCUT2D eigenvalue weighted by Crippen LogP contribution is 2.16. The first-order chi connectivity index (χ1) is 9.46. The van der Waals surface area contributed by atoms with Crippen molar-refractivity contribution in [1.82, 2.24) is 14.9 Å². The molecule has 108 valence electrons. The maximum absolute atomic E-state index is 12.2. The second-order valence-corrected chi connectivity index (χ2v) is 5.74. The Hall–Kier alpha value is -1.84. The molecule has 1 amide bonds. The van der Waals surface area contributed by atoms with Crippen LogP contribution >= 0.6 is 0 Å². The van der Waals surface area contributed by atoms with E-state index in [2.05, 4.69) is 24.1 Å². The van der Waals surface area contributed by atoms with Gasteiger partial charge in [0.25, 0.3) is 0 Å². The van der Waals surface area contributed by atoms with Gasteiger partial charge in [-0.2, -0.15) is 0 Å². The van der Waals surface area contributed by atoms with E-state index in [-0.39, 0.29) is 11.4 Å². The molecule has 0 unspecified atom stereocenters. The zero-order chi connectivity index (χ0) is 14.8. The molecule has 0 aliphatic rings. The average molecular weight is 273 g/mol. The smallest absolute Gasteiger partial charge is 0.240 e. The highest BCUT2D eigenvalue weighted by molar-refractivity contribution is 5.81. The van der Waals surface area contributed by atoms with Crippen molar-refractivity contribution in [2.24, 2.45) is 0 Å². The van der Waals surface area contributed by atoms with Gasteiger partial charge in [0.05, 0.1) is 11.0 Å². The predicted octanol–water partition coefficient (Wildman–Crippen LogP) is 2.90. The van der Waals surface area contributed by atoms with Crippen LogP contribution in [-0.4, -0.2) is 21.0 Å². The molecule has 0 aliphatic carbocycles. The molecule has 0 spiro atoms. The van der Waals surface area contributed by atoms with Crippen molar-refractivity contribution in [3.8, 4) is 0 Å². The molecule has 1 heterocycles. The maximum atomic E-state index is 12.2. The molecular formula is C16H23N3O. The van der Waals surface area contributed by atoms with Crippen LogP contribution in [0.25, 0.3) is 11.0 Å². The number of imidazole rings is 1. The molecule has 2 aromatic rings. The number of carbonyl (C=O) groups excluding carboxylic acids is 1. The monoisotopic (exact) mass is 273 g/mol. The second kappa shape index (κ2) is 5.65. The minimum absolute atomic E-state index is 0.0368. The Labute approximate surface area is 120 Å². The van der Waals surface area contributed by atoms with Gasteiger partial charge in [-0.15, -0.1) is 0 Å². The van der Waals surface area contributed by atoms with Crippen LogP contribution in [-0.2, 0) is 17.8 Å². The van der Waals surface area contributed by atoms with E-state index in [1.165, 1.54) is 0 Å². The van der Waals surface area contributed by atoms with E-state index in [0.29, 0.717) is 6.54 Å². The number of aryl methyl sites for hydroxylation is 1. The standard InChI is InChI=1S/C16H23N3O/c1-5-14-17-12-9-7-8-10-13(12)19(14)11-15(20)18-16(3,4)6-2/h7-10H,5-6,11H2,1-4H3,(H,18,20). The van der Waals surface area contributed by atoms with Crippen LogP contribution in [0.1, 0.15) is 39.9 Å². The normalized spacial score (nSPS) is 11.8. The number of rotatable bonds is 5. The van der Waals surface area contributed by atoms with Gasteiger partial charge in [0, 0.05) is 12.0 Å². The van der Waals surface area contributed by atoms with Gasteiger partial charge in [-0.3, -0.25) is 4.79 Å². The summed E-state index contributed by atoms with van der Waals surface area (Å²) in [6, 6.07) is 7.95. The Morgan fingerprint density at radius 3 is 2.65 bits per heavy atom. The third-order valence-corrected chi connectivity index (χ3v) is 3.71. The predicted molar refractivity (Wildman–Crippen MR) is 81.6 cm³/mol. The van der Waals surface area contributed by atoms with Crippen molar-refractivity contribution in [1.29, 1.82) is 0 Å². The lowest BCUT2D eigenvalue weighted by molar-refractivity contribution is -0.123. The van der Waals surface area contributed by atoms with Crippen molar-refractivity contribution >= 4 is 16.9 Å². The second-order valence-electron chi connectivity index (χ2n) is 5.74. The Morgan fingerprint density at radius 2 is 2.00 bits per heavy atom. The zero-order valence-corrected chi connectivity index (χ0v) is 12.7. The summed E-state index contributed by atoms with van der Waals surface area (Å²) in [4.78, 5) is 16.8. The lowest BCUT2D eigenvalue weighted by Gasteiger charge is -2.24. The molecule has 1 aromatic heterocycles. The number of hydrogen-bond acceptors (Lipinski definition) is 2. The lowest BCUT2D eigenvalue weighted by atomic mass is 10.0. The van der Waals surface area contributed by atoms with Crippen LogP contribution in [0.15, 0.2) is 24.3 Å². The van der Waals surface area contributed by atoms with Crippen LogP contribution in [0.3, 0.4) is 0 Å². The van der Waals surface area contributed by atoms with E-state index in [1.54, 1.807) is 0 Å². The number of benzene rings is 1. The van der Waals surface area contributed by atoms with Gasteiger partial charge in [0.15, 0.2) is 0 Å². The van der Waals surface area contributed by atoms with Crippen molar-refractivity contribution in [3.05, 3.63) is 30.1 Å². The molecule has 4 nitrogen and oxygen atoms in total. The van der Waals surface area contributed by atoms with Gasteiger partial charge >= 0.3 is 0 Å². The maximum Gasteiger partial charge on any atom is 0.240 e. The first-order valence-corrected chi connectivity index (χ1v) is 7.22. The molecular weight excluding hydrogens is 250 g/mol. The van der Waals surface area contributed by atoms with Crippen LogP contribution in [0.4, 0.5) is 0 Å². The van der Waals surface area contributed by atoms with E-state index >= 15 is 0 Å². The van der Waals surface area contributed by atoms with Gasteiger partial charge in [-0.05, 0) is 32.4 Å². The van der Waals surface area contributed by atoms with Crippen LogP contribution in [0.2, 0.25) is 0 Å². The largest absolute Gasteiger partial charge is 0.350 e. The quantitative estimate of drug-likeness (QED) is 0.910. The van der Waals surface area contributed by atoms with E-state index in [0.717, 1.165) is 29.7 Å². The van der Waals surface area contributed by atoms with Crippen molar-refractivity contribution in [2.75, 3.05) is 0 Å². The van der Waals surface area contributed by atoms with E-state index in [4.69, 9.17) is 0 Å². The van der Waals surface area contributed by atoms with Crippen molar-refractivity contribution in [2.45, 2.75) is 52.6 Å². The summed E-state index contributed by atoms with van der Waals surface area (Å²) in [5, 5.41) is 3.07. The average Bonchev–Trinajstić information content (AvgIpc) is 2.76. The van der Waals surface area contributed by atoms with Gasteiger partial charge in [0.2, 0.25) is 5.91 Å². The zero-order valence-electron chi connectivity index (χ0n) is 12.7. The number of para-hydroxylation sites is 2. The minimum Gasteiger partial charge on any atom is -0.350 e. The summed E-state index contributed by atoms with van der Waals surface area (Å²) in [7, 11) is 0. The highest BCUT2D eigenvalue weighted by Gasteiger charge is 2.19. The molecule has 0 aliphatic heterocycles. The molecule has 2 rings (SSSR count). The van der Waals surface area contributed by atoms with Crippen molar-refractivity contribution in [3.63, 3.8) is 0 Å². The lowest BCUT2D eigenvalue weighted by Crippen LogP contribution is -2.44. The fourth-order valence-electron chi connectivity index (χ4n) is 2.22. The third kappa shape index (κ3) is 3.00. The Kier molecular flexibility index (Phi) is 4.12. The Balaban J connectivity index is 2.27. The minimum atomic E-state index is -0.167. The van der Waals surface area contributed by atoms with Gasteiger partial charge in [-0.1, -0.05) is 26.0 Å². The number of nitrogens with zero attached hydrogens (tertiary/aromatic N) is 2. The van der Waals surface area contributed by atoms with Gasteiger partial charge in [-0.25, -0.2) is 4.98 Å². The highest BCUT2D eigenvalue weighted by atomic mass is 16.2. The molecule has 20 heavy (non-hydrogen) atoms. The molecule has 4 heteroatoms. The van der Waals surface area contributed by atoms with Gasteiger partial charge < -0.3 is 9.88 Å². The summed E-state index contributed by atoms with van der Waals surface area (Å²) in [5.74, 6) is 0.991. The summed E-state index contributed by atoms with van der Waals surface area (Å²) in [5.41, 5.74) is 1.81. The number of aromatic nitrogens is 2. The van der Waals surface area contributed by atoms with E-state index < -0.39 is 0 Å². The molecule has 0 saturated carbocycles. The Bertz CT molecular complexity index is 613. The number of carbonyl (C=O) groups is 1. The molecule has 0 atom stereocenters. The van der Waals surface area contributed by atoms with Crippen molar-refractivity contribution < 1.29 is 4.79 Å². The topological polar surface area (TPSA) is 46.9 Å². The van der Waals surface area contributed by atoms with Crippen LogP contribution in [0.5, 0.6) is 0 Å². The van der Waals surface area contributed by atoms with E-state index in [1.807, 2.05) is 42.7 Å². The first-order valence-electron chi connectivity index (χ1n) is 7.22. The number of fused-ring (bicyclic) bond motifs is 1. The molecule has 0 radical (unpaired) electrons. The fourth-order valence-corrected chi connectivity index (χ4v) is 2.22. The van der Waals surface area contributed by atoms with Crippen LogP contribution < -0.4 is 5.32 Å². The Morgan fingerprint density at radius 1 is 1.30 bits per heavy atom. The molecule has 0 fully saturated rings. The van der Waals surface area contributed by atoms with Gasteiger partial charge in [0.1, 0.15) is 12.4 Å². The number of hydrogen-bond donors (Lipinski definition) is 1. The summed E-state index contributed by atoms with van der Waals surface area (Å²) in [6.45, 7) is 8.54. The van der Waals surface area contributed by atoms with Crippen LogP contribution in [0, 0.1) is 0 Å². The number of nitrogens with one attached hydrogen (secondary N) is 1. The summed E-state index contributed by atoms with van der Waals surface area (Å²) in [6.07, 6.45) is 1.73. The summed E-state index contributed by atoms with van der Waals surface area (Å²) >= 11 is 0. The molecule has 0 bridgehead atoms. The SMILES string of the molecule is CCc1nc2ccccc2n1CC(=O)NC(C)(C)CC. The molecule has 1 N–H and O–H groups in total. The first kappa shape index (κ1) is 14.6. The summed E-state index contributed by atoms with van der Waals surface area (Å²) < 4.78 is 2.01. The number of amides is 1. The third-order valence-electron chi connectivity index (χ3n) is 3.71. The van der Waals surface area contributed by atoms with E-state index in [9.17, 15) is 4.79 Å². The molecule has 1 aromatic carbocycles.